The molecule has 1 atom stereocenters. The molecule has 0 aliphatic carbocycles. The quantitative estimate of drug-likeness (QED) is 0.262. The highest BCUT2D eigenvalue weighted by atomic mass is 19.4. The lowest BCUT2D eigenvalue weighted by Crippen LogP contribution is -2.54. The number of hydrogen-bond acceptors (Lipinski definition) is 9. The molecule has 5 amide bonds. The summed E-state index contributed by atoms with van der Waals surface area (Å²) in [4.78, 5) is 66.5. The Hall–Kier alpha value is -5.69. The van der Waals surface area contributed by atoms with Gasteiger partial charge in [-0.15, -0.1) is 0 Å². The Balaban J connectivity index is 0.975. The maximum Gasteiger partial charge on any atom is 0.416 e. The van der Waals surface area contributed by atoms with Gasteiger partial charge in [-0.1, -0.05) is 18.8 Å². The monoisotopic (exact) mass is 732 g/mol. The minimum absolute atomic E-state index is 0.0212. The van der Waals surface area contributed by atoms with Gasteiger partial charge in [0.15, 0.2) is 0 Å². The molecular formula is C37H35F3N6O7. The van der Waals surface area contributed by atoms with Gasteiger partial charge in [0, 0.05) is 36.8 Å². The largest absolute Gasteiger partial charge is 0.491 e. The summed E-state index contributed by atoms with van der Waals surface area (Å²) >= 11 is 0. The van der Waals surface area contributed by atoms with Crippen molar-refractivity contribution >= 4 is 40.9 Å². The van der Waals surface area contributed by atoms with Gasteiger partial charge in [0.1, 0.15) is 17.3 Å². The summed E-state index contributed by atoms with van der Waals surface area (Å²) < 4.78 is 52.9. The van der Waals surface area contributed by atoms with E-state index in [0.29, 0.717) is 31.9 Å². The number of nitrogens with zero attached hydrogens (tertiary/aromatic N) is 4. The lowest BCUT2D eigenvalue weighted by atomic mass is 9.90. The highest BCUT2D eigenvalue weighted by Crippen LogP contribution is 2.38. The summed E-state index contributed by atoms with van der Waals surface area (Å²) in [6.45, 7) is 7.18. The molecule has 5 heterocycles. The number of benzene rings is 2. The number of fused-ring (bicyclic) bond motifs is 1. The molecule has 276 valence electrons. The van der Waals surface area contributed by atoms with Crippen molar-refractivity contribution < 1.29 is 46.6 Å². The zero-order valence-corrected chi connectivity index (χ0v) is 29.0. The molecular weight excluding hydrogens is 697 g/mol. The number of rotatable bonds is 8. The van der Waals surface area contributed by atoms with Gasteiger partial charge in [0.2, 0.25) is 11.8 Å². The van der Waals surface area contributed by atoms with E-state index in [1.165, 1.54) is 16.9 Å². The highest BCUT2D eigenvalue weighted by molar-refractivity contribution is 6.23. The lowest BCUT2D eigenvalue weighted by Gasteiger charge is -2.38. The van der Waals surface area contributed by atoms with Crippen LogP contribution in [0.25, 0.3) is 0 Å². The fraction of sp³-hybridized carbons (Fsp3) is 0.405. The second kappa shape index (κ2) is 13.1. The summed E-state index contributed by atoms with van der Waals surface area (Å²) in [5, 5.41) is 9.22. The van der Waals surface area contributed by atoms with Crippen LogP contribution >= 0.6 is 0 Å². The lowest BCUT2D eigenvalue weighted by molar-refractivity contribution is -0.138. The van der Waals surface area contributed by atoms with Gasteiger partial charge < -0.3 is 19.7 Å². The van der Waals surface area contributed by atoms with E-state index in [4.69, 9.17) is 9.47 Å². The molecule has 2 N–H and O–H groups in total. The minimum atomic E-state index is -4.60. The third kappa shape index (κ3) is 6.84. The van der Waals surface area contributed by atoms with E-state index in [9.17, 15) is 37.1 Å². The molecule has 0 saturated carbocycles. The van der Waals surface area contributed by atoms with Gasteiger partial charge in [-0.2, -0.15) is 18.3 Å². The number of carbonyl (C=O) groups is 5. The number of ether oxygens (including phenoxy) is 2. The first-order valence-corrected chi connectivity index (χ1v) is 16.9. The maximum atomic E-state index is 13.5. The van der Waals surface area contributed by atoms with E-state index in [1.54, 1.807) is 38.2 Å². The first kappa shape index (κ1) is 35.7. The Morgan fingerprint density at radius 3 is 2.49 bits per heavy atom. The molecule has 3 fully saturated rings. The van der Waals surface area contributed by atoms with Crippen molar-refractivity contribution in [2.45, 2.75) is 51.4 Å². The standard InChI is InChI=1S/C37H35F3N6O7/c1-35(2,34(51)42-27-9-6-23(37(38,39)40)12-29(27)53-20-36(3)18-52-19-36)45-17-21(14-41-45)4-5-22-15-44(16-22)24-7-8-25-26(13-24)33(50)46(32(25)49)28-10-11-30(47)43-31(28)48/h6-9,12-14,17,22,28H,10-11,15-16,18-20H2,1-3H3,(H,42,51)(H,43,47,48). The molecule has 16 heteroatoms. The van der Waals surface area contributed by atoms with Gasteiger partial charge in [-0.25, -0.2) is 0 Å². The topological polar surface area (TPSA) is 152 Å². The maximum absolute atomic E-state index is 13.5. The number of alkyl halides is 3. The van der Waals surface area contributed by atoms with E-state index in [1.807, 2.05) is 11.8 Å². The zero-order valence-electron chi connectivity index (χ0n) is 29.0. The summed E-state index contributed by atoms with van der Waals surface area (Å²) in [5.74, 6) is 3.36. The number of piperidine rings is 1. The van der Waals surface area contributed by atoms with Crippen LogP contribution < -0.4 is 20.3 Å². The average Bonchev–Trinajstić information content (AvgIpc) is 3.65. The number of hydrogen-bond donors (Lipinski definition) is 2. The number of nitrogens with one attached hydrogen (secondary N) is 2. The van der Waals surface area contributed by atoms with Crippen LogP contribution in [0, 0.1) is 23.2 Å². The molecule has 0 radical (unpaired) electrons. The third-order valence-electron chi connectivity index (χ3n) is 9.84. The molecule has 4 aliphatic rings. The van der Waals surface area contributed by atoms with Crippen LogP contribution in [-0.4, -0.2) is 83.2 Å². The SMILES string of the molecule is CC1(COc2cc(C(F)(F)F)ccc2NC(=O)C(C)(C)n2cc(C#CC3CN(c4ccc5c(c4)C(=O)N(C4CCC(=O)NC4=O)C5=O)C3)cn2)COC1. The summed E-state index contributed by atoms with van der Waals surface area (Å²) in [7, 11) is 0. The van der Waals surface area contributed by atoms with Gasteiger partial charge in [0.05, 0.1) is 59.9 Å². The summed E-state index contributed by atoms with van der Waals surface area (Å²) in [5.41, 5.74) is -0.736. The summed E-state index contributed by atoms with van der Waals surface area (Å²) in [6.07, 6.45) is -1.35. The Kier molecular flexibility index (Phi) is 8.80. The van der Waals surface area contributed by atoms with Crippen LogP contribution in [0.4, 0.5) is 24.5 Å². The van der Waals surface area contributed by atoms with Gasteiger partial charge in [0.25, 0.3) is 17.7 Å². The Morgan fingerprint density at radius 1 is 1.08 bits per heavy atom. The average molecular weight is 733 g/mol. The molecule has 1 unspecified atom stereocenters. The predicted octanol–water partition coefficient (Wildman–Crippen LogP) is 3.58. The van der Waals surface area contributed by atoms with Crippen LogP contribution in [0.15, 0.2) is 48.8 Å². The smallest absolute Gasteiger partial charge is 0.416 e. The van der Waals surface area contributed by atoms with Crippen LogP contribution in [0.3, 0.4) is 0 Å². The molecule has 7 rings (SSSR count). The number of halogens is 3. The Labute approximate surface area is 301 Å². The fourth-order valence-corrected chi connectivity index (χ4v) is 6.40. The predicted molar refractivity (Wildman–Crippen MR) is 182 cm³/mol. The van der Waals surface area contributed by atoms with Gasteiger partial charge >= 0.3 is 6.18 Å². The highest BCUT2D eigenvalue weighted by Gasteiger charge is 2.45. The number of amides is 5. The van der Waals surface area contributed by atoms with Crippen LogP contribution in [-0.2, 0) is 30.8 Å². The molecule has 0 bridgehead atoms. The number of anilines is 2. The molecule has 53 heavy (non-hydrogen) atoms. The van der Waals surface area contributed by atoms with Gasteiger partial charge in [-0.3, -0.25) is 38.9 Å². The normalized spacial score (nSPS) is 19.8. The number of carbonyl (C=O) groups excluding carboxylic acids is 5. The van der Waals surface area contributed by atoms with E-state index in [-0.39, 0.29) is 53.3 Å². The van der Waals surface area contributed by atoms with Gasteiger partial charge in [-0.05, 0) is 56.7 Å². The van der Waals surface area contributed by atoms with Crippen molar-refractivity contribution in [3.63, 3.8) is 0 Å². The Bertz CT molecular complexity index is 2110. The summed E-state index contributed by atoms with van der Waals surface area (Å²) in [6, 6.07) is 6.83. The van der Waals surface area contributed by atoms with Crippen molar-refractivity contribution in [3.05, 3.63) is 71.0 Å². The fourth-order valence-electron chi connectivity index (χ4n) is 6.40. The molecule has 3 saturated heterocycles. The zero-order chi connectivity index (χ0) is 37.9. The third-order valence-corrected chi connectivity index (χ3v) is 9.84. The molecule has 13 nitrogen and oxygen atoms in total. The van der Waals surface area contributed by atoms with Crippen molar-refractivity contribution in [2.75, 3.05) is 43.1 Å². The van der Waals surface area contributed by atoms with E-state index >= 15 is 0 Å². The number of imide groups is 2. The molecule has 0 spiro atoms. The molecule has 2 aromatic carbocycles. The molecule has 1 aromatic heterocycles. The van der Waals surface area contributed by atoms with Crippen molar-refractivity contribution in [1.82, 2.24) is 20.0 Å². The minimum Gasteiger partial charge on any atom is -0.491 e. The van der Waals surface area contributed by atoms with E-state index in [2.05, 4.69) is 27.6 Å². The van der Waals surface area contributed by atoms with Crippen LogP contribution in [0.1, 0.15) is 65.5 Å². The number of aromatic nitrogens is 2. The van der Waals surface area contributed by atoms with Crippen molar-refractivity contribution in [2.24, 2.45) is 11.3 Å². The second-order valence-electron chi connectivity index (χ2n) is 14.5. The van der Waals surface area contributed by atoms with Crippen LogP contribution in [0.2, 0.25) is 0 Å². The molecule has 3 aromatic rings. The van der Waals surface area contributed by atoms with Crippen LogP contribution in [0.5, 0.6) is 5.75 Å². The second-order valence-corrected chi connectivity index (χ2v) is 14.5. The van der Waals surface area contributed by atoms with E-state index in [0.717, 1.165) is 22.7 Å². The first-order chi connectivity index (χ1) is 25.0. The molecule has 4 aliphatic heterocycles. The van der Waals surface area contributed by atoms with Crippen molar-refractivity contribution in [1.29, 1.82) is 0 Å². The van der Waals surface area contributed by atoms with Crippen molar-refractivity contribution in [3.8, 4) is 17.6 Å². The first-order valence-electron chi connectivity index (χ1n) is 16.9. The van der Waals surface area contributed by atoms with E-state index < -0.39 is 52.9 Å². The Morgan fingerprint density at radius 2 is 1.81 bits per heavy atom.